The number of nitrogens with zero attached hydrogens (tertiary/aromatic N) is 3. The van der Waals surface area contributed by atoms with Gasteiger partial charge in [0.2, 0.25) is 0 Å². The van der Waals surface area contributed by atoms with Gasteiger partial charge in [-0.1, -0.05) is 23.9 Å². The Kier molecular flexibility index (Phi) is 4.63. The Bertz CT molecular complexity index is 918. The number of nitro groups is 1. The third kappa shape index (κ3) is 3.75. The SMILES string of the molecule is O=C1/C(=C\c2ccc(O)cc2)SC(=S)N1/N=C/c1ccc([N+](=O)[O-])o1. The predicted octanol–water partition coefficient (Wildman–Crippen LogP) is 3.13. The Morgan fingerprint density at radius 3 is 2.64 bits per heavy atom. The van der Waals surface area contributed by atoms with Crippen LogP contribution >= 0.6 is 24.0 Å². The highest BCUT2D eigenvalue weighted by molar-refractivity contribution is 8.26. The smallest absolute Gasteiger partial charge is 0.433 e. The van der Waals surface area contributed by atoms with Crippen molar-refractivity contribution in [2.75, 3.05) is 0 Å². The molecule has 0 radical (unpaired) electrons. The van der Waals surface area contributed by atoms with Crippen LogP contribution in [0.25, 0.3) is 6.08 Å². The van der Waals surface area contributed by atoms with Crippen LogP contribution in [-0.4, -0.2) is 31.5 Å². The molecule has 25 heavy (non-hydrogen) atoms. The minimum atomic E-state index is -0.669. The van der Waals surface area contributed by atoms with Gasteiger partial charge >= 0.3 is 5.88 Å². The fourth-order valence-corrected chi connectivity index (χ4v) is 3.08. The number of furan rings is 1. The summed E-state index contributed by atoms with van der Waals surface area (Å²) in [5.74, 6) is -0.579. The molecule has 1 aromatic carbocycles. The van der Waals surface area contributed by atoms with Gasteiger partial charge in [0.15, 0.2) is 10.1 Å². The molecular weight excluding hydrogens is 366 g/mol. The van der Waals surface area contributed by atoms with E-state index in [4.69, 9.17) is 16.6 Å². The fourth-order valence-electron chi connectivity index (χ4n) is 1.91. The molecule has 8 nitrogen and oxygen atoms in total. The maximum atomic E-state index is 12.4. The van der Waals surface area contributed by atoms with Crippen LogP contribution in [0.2, 0.25) is 0 Å². The topological polar surface area (TPSA) is 109 Å². The maximum Gasteiger partial charge on any atom is 0.433 e. The lowest BCUT2D eigenvalue weighted by Crippen LogP contribution is -2.22. The highest BCUT2D eigenvalue weighted by atomic mass is 32.2. The second-order valence-corrected chi connectivity index (χ2v) is 6.44. The summed E-state index contributed by atoms with van der Waals surface area (Å²) >= 11 is 6.21. The van der Waals surface area contributed by atoms with Crippen molar-refractivity contribution >= 4 is 52.4 Å². The number of phenols is 1. The predicted molar refractivity (Wildman–Crippen MR) is 96.1 cm³/mol. The van der Waals surface area contributed by atoms with Gasteiger partial charge in [0, 0.05) is 0 Å². The van der Waals surface area contributed by atoms with E-state index in [2.05, 4.69) is 5.10 Å². The third-order valence-corrected chi connectivity index (χ3v) is 4.34. The number of amides is 1. The molecule has 0 aliphatic carbocycles. The number of hydrogen-bond donors (Lipinski definition) is 1. The Labute approximate surface area is 150 Å². The first-order chi connectivity index (χ1) is 11.9. The molecule has 1 aromatic heterocycles. The molecule has 0 unspecified atom stereocenters. The molecule has 0 spiro atoms. The summed E-state index contributed by atoms with van der Waals surface area (Å²) in [5, 5.41) is 24.8. The summed E-state index contributed by atoms with van der Waals surface area (Å²) in [4.78, 5) is 22.6. The number of aromatic hydroxyl groups is 1. The lowest BCUT2D eigenvalue weighted by molar-refractivity contribution is -0.402. The minimum Gasteiger partial charge on any atom is -0.508 e. The normalized spacial score (nSPS) is 16.3. The van der Waals surface area contributed by atoms with Crippen molar-refractivity contribution in [2.45, 2.75) is 0 Å². The van der Waals surface area contributed by atoms with Crippen molar-refractivity contribution in [3.63, 3.8) is 0 Å². The molecule has 1 aliphatic rings. The number of hydrazone groups is 1. The second kappa shape index (κ2) is 6.87. The van der Waals surface area contributed by atoms with Crippen LogP contribution in [-0.2, 0) is 4.79 Å². The van der Waals surface area contributed by atoms with Gasteiger partial charge in [0.25, 0.3) is 5.91 Å². The van der Waals surface area contributed by atoms with Crippen LogP contribution in [0.3, 0.4) is 0 Å². The number of phenolic OH excluding ortho intramolecular Hbond substituents is 1. The quantitative estimate of drug-likeness (QED) is 0.287. The Hall–Kier alpha value is -2.98. The van der Waals surface area contributed by atoms with Gasteiger partial charge in [-0.25, -0.2) is 0 Å². The number of thioether (sulfide) groups is 1. The van der Waals surface area contributed by atoms with Gasteiger partial charge in [-0.05, 0) is 42.1 Å². The zero-order valence-electron chi connectivity index (χ0n) is 12.4. The summed E-state index contributed by atoms with van der Waals surface area (Å²) in [6, 6.07) is 8.89. The van der Waals surface area contributed by atoms with E-state index in [9.17, 15) is 20.0 Å². The molecule has 0 saturated carbocycles. The lowest BCUT2D eigenvalue weighted by atomic mass is 10.2. The van der Waals surface area contributed by atoms with E-state index in [1.807, 2.05) is 0 Å². The highest BCUT2D eigenvalue weighted by Gasteiger charge is 2.32. The van der Waals surface area contributed by atoms with Crippen LogP contribution in [0.5, 0.6) is 5.75 Å². The van der Waals surface area contributed by atoms with E-state index in [0.717, 1.165) is 22.3 Å². The van der Waals surface area contributed by atoms with E-state index in [1.165, 1.54) is 30.5 Å². The van der Waals surface area contributed by atoms with Gasteiger partial charge in [0.05, 0.1) is 17.2 Å². The molecule has 1 N–H and O–H groups in total. The van der Waals surface area contributed by atoms with Crippen LogP contribution in [0.15, 0.2) is 50.8 Å². The average molecular weight is 375 g/mol. The summed E-state index contributed by atoms with van der Waals surface area (Å²) in [6.07, 6.45) is 2.81. The van der Waals surface area contributed by atoms with Crippen LogP contribution in [0.4, 0.5) is 5.88 Å². The molecule has 126 valence electrons. The first-order valence-electron chi connectivity index (χ1n) is 6.79. The molecular formula is C15H9N3O5S2. The van der Waals surface area contributed by atoms with E-state index < -0.39 is 16.7 Å². The molecule has 1 aliphatic heterocycles. The average Bonchev–Trinajstić information content (AvgIpc) is 3.14. The first kappa shape index (κ1) is 16.9. The molecule has 3 rings (SSSR count). The van der Waals surface area contributed by atoms with Crippen LogP contribution in [0, 0.1) is 10.1 Å². The van der Waals surface area contributed by atoms with Gasteiger partial charge in [-0.3, -0.25) is 14.9 Å². The van der Waals surface area contributed by atoms with Crippen molar-refractivity contribution in [1.82, 2.24) is 5.01 Å². The van der Waals surface area contributed by atoms with E-state index >= 15 is 0 Å². The second-order valence-electron chi connectivity index (χ2n) is 4.76. The highest BCUT2D eigenvalue weighted by Crippen LogP contribution is 2.33. The molecule has 1 fully saturated rings. The molecule has 1 amide bonds. The molecule has 0 bridgehead atoms. The summed E-state index contributed by atoms with van der Waals surface area (Å²) < 4.78 is 5.16. The van der Waals surface area contributed by atoms with Crippen molar-refractivity contribution in [2.24, 2.45) is 5.10 Å². The fraction of sp³-hybridized carbons (Fsp3) is 0. The summed E-state index contributed by atoms with van der Waals surface area (Å²) in [7, 11) is 0. The van der Waals surface area contributed by atoms with E-state index in [-0.39, 0.29) is 15.8 Å². The number of carbonyl (C=O) groups excluding carboxylic acids is 1. The first-order valence-corrected chi connectivity index (χ1v) is 8.02. The van der Waals surface area contributed by atoms with Gasteiger partial charge < -0.3 is 9.52 Å². The third-order valence-electron chi connectivity index (χ3n) is 3.06. The number of hydrogen-bond acceptors (Lipinski definition) is 8. The van der Waals surface area contributed by atoms with Crippen molar-refractivity contribution in [1.29, 1.82) is 0 Å². The Morgan fingerprint density at radius 1 is 1.28 bits per heavy atom. The molecule has 0 atom stereocenters. The molecule has 2 heterocycles. The monoisotopic (exact) mass is 375 g/mol. The number of benzene rings is 1. The van der Waals surface area contributed by atoms with Gasteiger partial charge in [0.1, 0.15) is 10.7 Å². The number of thiocarbonyl (C=S) groups is 1. The summed E-state index contributed by atoms with van der Waals surface area (Å²) in [5.41, 5.74) is 0.726. The standard InChI is InChI=1S/C15H9N3O5S2/c19-10-3-1-9(2-4-10)7-12-14(20)17(15(24)25-12)16-8-11-5-6-13(23-11)18(21)22/h1-8,19H/b12-7+,16-8+. The lowest BCUT2D eigenvalue weighted by Gasteiger charge is -2.05. The van der Waals surface area contributed by atoms with Gasteiger partial charge in [-0.15, -0.1) is 0 Å². The van der Waals surface area contributed by atoms with Crippen LogP contribution in [0.1, 0.15) is 11.3 Å². The minimum absolute atomic E-state index is 0.127. The molecule has 1 saturated heterocycles. The maximum absolute atomic E-state index is 12.4. The van der Waals surface area contributed by atoms with Crippen molar-refractivity contribution in [3.05, 3.63) is 62.7 Å². The zero-order chi connectivity index (χ0) is 18.0. The van der Waals surface area contributed by atoms with Gasteiger partial charge in [-0.2, -0.15) is 10.1 Å². The Balaban J connectivity index is 1.77. The number of carbonyl (C=O) groups is 1. The van der Waals surface area contributed by atoms with E-state index in [1.54, 1.807) is 18.2 Å². The molecule has 2 aromatic rings. The summed E-state index contributed by atoms with van der Waals surface area (Å²) in [6.45, 7) is 0. The van der Waals surface area contributed by atoms with Crippen molar-refractivity contribution < 1.29 is 19.2 Å². The largest absolute Gasteiger partial charge is 0.508 e. The zero-order valence-corrected chi connectivity index (χ0v) is 14.0. The van der Waals surface area contributed by atoms with E-state index in [0.29, 0.717) is 4.91 Å². The Morgan fingerprint density at radius 2 is 2.00 bits per heavy atom. The molecule has 10 heteroatoms. The van der Waals surface area contributed by atoms with Crippen molar-refractivity contribution in [3.8, 4) is 5.75 Å². The number of rotatable bonds is 4. The van der Waals surface area contributed by atoms with Crippen LogP contribution < -0.4 is 0 Å².